The lowest BCUT2D eigenvalue weighted by atomic mass is 9.95. The third kappa shape index (κ3) is 0.825. The van der Waals surface area contributed by atoms with Crippen molar-refractivity contribution in [3.63, 3.8) is 0 Å². The van der Waals surface area contributed by atoms with Gasteiger partial charge in [0.05, 0.1) is 0 Å². The van der Waals surface area contributed by atoms with Gasteiger partial charge in [-0.3, -0.25) is 0 Å². The predicted octanol–water partition coefficient (Wildman–Crippen LogP) is 0.906. The van der Waals surface area contributed by atoms with Crippen LogP contribution in [-0.2, 0) is 0 Å². The minimum atomic E-state index is 0.689. The first-order valence-electron chi connectivity index (χ1n) is 4.24. The zero-order valence-electron chi connectivity index (χ0n) is 6.29. The highest BCUT2D eigenvalue weighted by Crippen LogP contribution is 2.32. The van der Waals surface area contributed by atoms with Gasteiger partial charge in [0.2, 0.25) is 0 Å². The average Bonchev–Trinajstić information content (AvgIpc) is 2.36. The molecule has 1 heterocycles. The summed E-state index contributed by atoms with van der Waals surface area (Å²) in [7, 11) is 0. The molecule has 1 aliphatic heterocycles. The van der Waals surface area contributed by atoms with Crippen molar-refractivity contribution in [3.05, 3.63) is 0 Å². The molecule has 2 N–H and O–H groups in total. The molecule has 10 heavy (non-hydrogen) atoms. The predicted molar refractivity (Wildman–Crippen MR) is 40.9 cm³/mol. The molecule has 1 aliphatic carbocycles. The molecule has 2 rings (SSSR count). The Kier molecular flexibility index (Phi) is 1.40. The number of nitrogens with zero attached hydrogens (tertiary/aromatic N) is 1. The lowest BCUT2D eigenvalue weighted by molar-refractivity contribution is -0.584. The van der Waals surface area contributed by atoms with Crippen molar-refractivity contribution < 1.29 is 4.68 Å². The van der Waals surface area contributed by atoms with Crippen molar-refractivity contribution in [1.29, 1.82) is 0 Å². The van der Waals surface area contributed by atoms with Crippen LogP contribution in [0, 0.1) is 5.92 Å². The second-order valence-corrected chi connectivity index (χ2v) is 3.47. The van der Waals surface area contributed by atoms with E-state index in [0.717, 1.165) is 5.92 Å². The summed E-state index contributed by atoms with van der Waals surface area (Å²) in [6.45, 7) is 0. The monoisotopic (exact) mass is 139 g/mol. The molecule has 0 aromatic carbocycles. The maximum Gasteiger partial charge on any atom is 0.183 e. The van der Waals surface area contributed by atoms with E-state index in [1.54, 1.807) is 0 Å². The second-order valence-electron chi connectivity index (χ2n) is 3.47. The van der Waals surface area contributed by atoms with E-state index in [2.05, 4.69) is 6.21 Å². The fourth-order valence-corrected chi connectivity index (χ4v) is 2.32. The Morgan fingerprint density at radius 3 is 3.00 bits per heavy atom. The molecule has 2 unspecified atom stereocenters. The van der Waals surface area contributed by atoms with Gasteiger partial charge in [0.25, 0.3) is 0 Å². The van der Waals surface area contributed by atoms with Gasteiger partial charge in [0.1, 0.15) is 0 Å². The van der Waals surface area contributed by atoms with Crippen LogP contribution in [0.25, 0.3) is 0 Å². The molecule has 0 saturated heterocycles. The number of nitrogens with two attached hydrogens (primary N) is 1. The van der Waals surface area contributed by atoms with Gasteiger partial charge < -0.3 is 0 Å². The van der Waals surface area contributed by atoms with E-state index >= 15 is 0 Å². The quantitative estimate of drug-likeness (QED) is 0.392. The van der Waals surface area contributed by atoms with Crippen LogP contribution in [0.2, 0.25) is 0 Å². The summed E-state index contributed by atoms with van der Waals surface area (Å²) < 4.78 is 1.95. The van der Waals surface area contributed by atoms with Gasteiger partial charge in [-0.1, -0.05) is 0 Å². The molecule has 1 fully saturated rings. The van der Waals surface area contributed by atoms with Crippen LogP contribution in [0.15, 0.2) is 0 Å². The highest BCUT2D eigenvalue weighted by atomic mass is 15.3. The molecular weight excluding hydrogens is 124 g/mol. The number of hydrazine groups is 1. The van der Waals surface area contributed by atoms with Crippen molar-refractivity contribution in [1.82, 2.24) is 0 Å². The minimum absolute atomic E-state index is 0.689. The Balaban J connectivity index is 2.16. The number of hydrogen-bond donors (Lipinski definition) is 1. The zero-order valence-corrected chi connectivity index (χ0v) is 6.29. The fourth-order valence-electron chi connectivity index (χ4n) is 2.32. The molecule has 0 aromatic rings. The Morgan fingerprint density at radius 1 is 1.30 bits per heavy atom. The van der Waals surface area contributed by atoms with Crippen LogP contribution in [0.3, 0.4) is 0 Å². The summed E-state index contributed by atoms with van der Waals surface area (Å²) in [5.41, 5.74) is 0. The van der Waals surface area contributed by atoms with Gasteiger partial charge in [0, 0.05) is 18.8 Å². The largest absolute Gasteiger partial charge is 0.211 e. The molecule has 2 atom stereocenters. The standard InChI is InChI=1S/C8H15N2/c9-10-6-2-4-7-3-1-5-8(7)10/h6-8H,1-5,9H2/q+1. The normalized spacial score (nSPS) is 39.0. The second kappa shape index (κ2) is 2.26. The Bertz CT molecular complexity index is 163. The molecule has 0 amide bonds. The lowest BCUT2D eigenvalue weighted by Gasteiger charge is -2.17. The third-order valence-corrected chi connectivity index (χ3v) is 2.88. The average molecular weight is 139 g/mol. The smallest absolute Gasteiger partial charge is 0.183 e. The van der Waals surface area contributed by atoms with E-state index < -0.39 is 0 Å². The molecule has 2 aliphatic rings. The molecule has 0 aromatic heterocycles. The van der Waals surface area contributed by atoms with E-state index in [4.69, 9.17) is 5.84 Å². The highest BCUT2D eigenvalue weighted by Gasteiger charge is 2.36. The first-order chi connectivity index (χ1) is 4.88. The van der Waals surface area contributed by atoms with E-state index in [9.17, 15) is 0 Å². The van der Waals surface area contributed by atoms with Crippen LogP contribution >= 0.6 is 0 Å². The summed E-state index contributed by atoms with van der Waals surface area (Å²) in [5, 5.41) is 0. The number of hydrogen-bond acceptors (Lipinski definition) is 1. The lowest BCUT2D eigenvalue weighted by Crippen LogP contribution is -2.38. The van der Waals surface area contributed by atoms with Crippen LogP contribution in [-0.4, -0.2) is 16.9 Å². The first-order valence-corrected chi connectivity index (χ1v) is 4.24. The van der Waals surface area contributed by atoms with Gasteiger partial charge >= 0.3 is 0 Å². The van der Waals surface area contributed by atoms with Crippen molar-refractivity contribution in [2.45, 2.75) is 38.1 Å². The van der Waals surface area contributed by atoms with Crippen molar-refractivity contribution in [2.75, 3.05) is 0 Å². The third-order valence-electron chi connectivity index (χ3n) is 2.88. The fraction of sp³-hybridized carbons (Fsp3) is 0.875. The molecule has 2 nitrogen and oxygen atoms in total. The summed E-state index contributed by atoms with van der Waals surface area (Å²) in [6.07, 6.45) is 8.82. The molecular formula is C8H15N2+. The first kappa shape index (κ1) is 6.20. The van der Waals surface area contributed by atoms with E-state index in [1.165, 1.54) is 32.1 Å². The van der Waals surface area contributed by atoms with E-state index in [-0.39, 0.29) is 0 Å². The van der Waals surface area contributed by atoms with Gasteiger partial charge in [0.15, 0.2) is 12.3 Å². The van der Waals surface area contributed by atoms with E-state index in [0.29, 0.717) is 6.04 Å². The Labute approximate surface area is 61.7 Å². The summed E-state index contributed by atoms with van der Waals surface area (Å²) >= 11 is 0. The topological polar surface area (TPSA) is 29.0 Å². The SMILES string of the molecule is N[N+]1=CCCC2CCCC21. The van der Waals surface area contributed by atoms with Crippen molar-refractivity contribution in [3.8, 4) is 0 Å². The van der Waals surface area contributed by atoms with Crippen LogP contribution < -0.4 is 5.84 Å². The Morgan fingerprint density at radius 2 is 2.20 bits per heavy atom. The maximum atomic E-state index is 5.80. The highest BCUT2D eigenvalue weighted by molar-refractivity contribution is 5.51. The van der Waals surface area contributed by atoms with Crippen molar-refractivity contribution in [2.24, 2.45) is 11.8 Å². The van der Waals surface area contributed by atoms with Gasteiger partial charge in [-0.05, 0) is 19.3 Å². The summed E-state index contributed by atoms with van der Waals surface area (Å²) in [6, 6.07) is 0.689. The maximum absolute atomic E-state index is 5.80. The summed E-state index contributed by atoms with van der Waals surface area (Å²) in [5.74, 6) is 6.71. The minimum Gasteiger partial charge on any atom is -0.211 e. The molecule has 0 radical (unpaired) electrons. The summed E-state index contributed by atoms with van der Waals surface area (Å²) in [4.78, 5) is 0. The molecule has 1 saturated carbocycles. The molecule has 56 valence electrons. The van der Waals surface area contributed by atoms with Gasteiger partial charge in [-0.15, -0.1) is 4.68 Å². The zero-order chi connectivity index (χ0) is 6.97. The number of fused-ring (bicyclic) bond motifs is 1. The molecule has 0 spiro atoms. The number of hydrazone groups is 1. The van der Waals surface area contributed by atoms with E-state index in [1.807, 2.05) is 4.68 Å². The van der Waals surface area contributed by atoms with Gasteiger partial charge in [-0.25, -0.2) is 5.84 Å². The van der Waals surface area contributed by atoms with Crippen molar-refractivity contribution >= 4 is 6.21 Å². The molecule has 0 bridgehead atoms. The number of rotatable bonds is 0. The Hall–Kier alpha value is -0.530. The van der Waals surface area contributed by atoms with Crippen LogP contribution in [0.5, 0.6) is 0 Å². The van der Waals surface area contributed by atoms with Crippen LogP contribution in [0.1, 0.15) is 32.1 Å². The van der Waals surface area contributed by atoms with Crippen LogP contribution in [0.4, 0.5) is 0 Å². The molecule has 2 heteroatoms. The van der Waals surface area contributed by atoms with Gasteiger partial charge in [-0.2, -0.15) is 0 Å².